The topological polar surface area (TPSA) is 95.5 Å². The molecule has 0 bridgehead atoms. The van der Waals surface area contributed by atoms with E-state index in [1.165, 1.54) is 0 Å². The lowest BCUT2D eigenvalue weighted by atomic mass is 9.88. The van der Waals surface area contributed by atoms with Crippen LogP contribution in [0.1, 0.15) is 46.5 Å². The van der Waals surface area contributed by atoms with Crippen molar-refractivity contribution in [1.29, 1.82) is 0 Å². The van der Waals surface area contributed by atoms with Crippen LogP contribution in [0, 0.1) is 5.41 Å². The smallest absolute Gasteiger partial charge is 0.304 e. The number of carboxylic acid groups (broad SMARTS) is 1. The number of unbranched alkanes of at least 4 members (excludes halogenated alkanes) is 1. The Morgan fingerprint density at radius 2 is 1.68 bits per heavy atom. The molecule has 0 saturated heterocycles. The minimum Gasteiger partial charge on any atom is -0.481 e. The highest BCUT2D eigenvalue weighted by Crippen LogP contribution is 2.19. The number of aliphatic carboxylic acids is 1. The molecule has 110 valence electrons. The molecule has 2 amide bonds. The third kappa shape index (κ3) is 8.18. The van der Waals surface area contributed by atoms with Crippen LogP contribution < -0.4 is 10.6 Å². The van der Waals surface area contributed by atoms with Crippen molar-refractivity contribution in [2.45, 2.75) is 46.5 Å². The molecule has 0 rings (SSSR count). The van der Waals surface area contributed by atoms with E-state index in [1.807, 2.05) is 6.92 Å². The molecule has 6 heteroatoms. The molecule has 6 nitrogen and oxygen atoms in total. The van der Waals surface area contributed by atoms with Crippen molar-refractivity contribution in [3.63, 3.8) is 0 Å². The van der Waals surface area contributed by atoms with E-state index in [9.17, 15) is 14.4 Å². The molecule has 0 fully saturated rings. The van der Waals surface area contributed by atoms with Gasteiger partial charge in [-0.05, 0) is 6.42 Å². The standard InChI is InChI=1S/C13H24N2O4/c1-4-5-6-10(16)14-7-8-15-12(19)13(2,3)9-11(17)18/h4-9H2,1-3H3,(H,14,16)(H,15,19)(H,17,18). The number of carboxylic acids is 1. The molecule has 0 aliphatic rings. The number of amides is 2. The summed E-state index contributed by atoms with van der Waals surface area (Å²) in [5, 5.41) is 14.0. The molecular weight excluding hydrogens is 248 g/mol. The number of carbonyl (C=O) groups is 3. The van der Waals surface area contributed by atoms with Crippen LogP contribution in [0.2, 0.25) is 0 Å². The van der Waals surface area contributed by atoms with Gasteiger partial charge in [-0.2, -0.15) is 0 Å². The summed E-state index contributed by atoms with van der Waals surface area (Å²) in [5.41, 5.74) is -0.946. The second kappa shape index (κ2) is 8.50. The second-order valence-electron chi connectivity index (χ2n) is 5.16. The van der Waals surface area contributed by atoms with Crippen LogP contribution in [0.4, 0.5) is 0 Å². The lowest BCUT2D eigenvalue weighted by Gasteiger charge is -2.21. The summed E-state index contributed by atoms with van der Waals surface area (Å²) in [4.78, 5) is 33.6. The molecule has 0 aliphatic carbocycles. The first-order chi connectivity index (χ1) is 8.79. The number of hydrogen-bond donors (Lipinski definition) is 3. The Balaban J connectivity index is 3.85. The van der Waals surface area contributed by atoms with E-state index in [0.29, 0.717) is 19.5 Å². The fourth-order valence-electron chi connectivity index (χ4n) is 1.50. The summed E-state index contributed by atoms with van der Waals surface area (Å²) in [6, 6.07) is 0. The summed E-state index contributed by atoms with van der Waals surface area (Å²) in [5.74, 6) is -1.35. The van der Waals surface area contributed by atoms with Gasteiger partial charge in [0.25, 0.3) is 0 Å². The van der Waals surface area contributed by atoms with Crippen LogP contribution in [0.25, 0.3) is 0 Å². The summed E-state index contributed by atoms with van der Waals surface area (Å²) in [7, 11) is 0. The monoisotopic (exact) mass is 272 g/mol. The Morgan fingerprint density at radius 3 is 2.21 bits per heavy atom. The van der Waals surface area contributed by atoms with E-state index in [0.717, 1.165) is 12.8 Å². The molecule has 0 radical (unpaired) electrons. The molecule has 3 N–H and O–H groups in total. The van der Waals surface area contributed by atoms with Crippen molar-refractivity contribution >= 4 is 17.8 Å². The molecular formula is C13H24N2O4. The highest BCUT2D eigenvalue weighted by molar-refractivity contribution is 5.86. The molecule has 0 unspecified atom stereocenters. The molecule has 0 aromatic heterocycles. The third-order valence-electron chi connectivity index (χ3n) is 2.70. The van der Waals surface area contributed by atoms with Crippen LogP contribution in [0.5, 0.6) is 0 Å². The molecule has 0 atom stereocenters. The van der Waals surface area contributed by atoms with Crippen LogP contribution >= 0.6 is 0 Å². The maximum Gasteiger partial charge on any atom is 0.304 e. The fraction of sp³-hybridized carbons (Fsp3) is 0.769. The van der Waals surface area contributed by atoms with Gasteiger partial charge in [0.15, 0.2) is 0 Å². The lowest BCUT2D eigenvalue weighted by molar-refractivity contribution is -0.144. The second-order valence-corrected chi connectivity index (χ2v) is 5.16. The average Bonchev–Trinajstić information content (AvgIpc) is 2.30. The molecule has 0 saturated carbocycles. The van der Waals surface area contributed by atoms with E-state index < -0.39 is 11.4 Å². The number of hydrogen-bond acceptors (Lipinski definition) is 3. The molecule has 0 aromatic carbocycles. The first-order valence-corrected chi connectivity index (χ1v) is 6.56. The zero-order chi connectivity index (χ0) is 14.9. The van der Waals surface area contributed by atoms with Crippen molar-refractivity contribution in [3.05, 3.63) is 0 Å². The third-order valence-corrected chi connectivity index (χ3v) is 2.70. The summed E-state index contributed by atoms with van der Waals surface area (Å²) in [6.45, 7) is 5.84. The summed E-state index contributed by atoms with van der Waals surface area (Å²) in [6.07, 6.45) is 2.09. The van der Waals surface area contributed by atoms with E-state index in [-0.39, 0.29) is 18.2 Å². The SMILES string of the molecule is CCCCC(=O)NCCNC(=O)C(C)(C)CC(=O)O. The lowest BCUT2D eigenvalue weighted by Crippen LogP contribution is -2.42. The van der Waals surface area contributed by atoms with Crippen molar-refractivity contribution in [2.75, 3.05) is 13.1 Å². The van der Waals surface area contributed by atoms with Crippen molar-refractivity contribution in [3.8, 4) is 0 Å². The van der Waals surface area contributed by atoms with Crippen molar-refractivity contribution in [2.24, 2.45) is 5.41 Å². The Bertz CT molecular complexity index is 327. The van der Waals surface area contributed by atoms with E-state index in [2.05, 4.69) is 10.6 Å². The number of rotatable bonds is 9. The predicted molar refractivity (Wildman–Crippen MR) is 71.6 cm³/mol. The van der Waals surface area contributed by atoms with Crippen LogP contribution in [0.15, 0.2) is 0 Å². The van der Waals surface area contributed by atoms with Gasteiger partial charge in [-0.15, -0.1) is 0 Å². The summed E-state index contributed by atoms with van der Waals surface area (Å²) >= 11 is 0. The van der Waals surface area contributed by atoms with Gasteiger partial charge in [0.05, 0.1) is 11.8 Å². The van der Waals surface area contributed by atoms with E-state index >= 15 is 0 Å². The van der Waals surface area contributed by atoms with Crippen LogP contribution in [-0.2, 0) is 14.4 Å². The Morgan fingerprint density at radius 1 is 1.11 bits per heavy atom. The van der Waals surface area contributed by atoms with Crippen molar-refractivity contribution < 1.29 is 19.5 Å². The first kappa shape index (κ1) is 17.4. The zero-order valence-electron chi connectivity index (χ0n) is 11.9. The average molecular weight is 272 g/mol. The summed E-state index contributed by atoms with van der Waals surface area (Å²) < 4.78 is 0. The van der Waals surface area contributed by atoms with Crippen molar-refractivity contribution in [1.82, 2.24) is 10.6 Å². The quantitative estimate of drug-likeness (QED) is 0.544. The zero-order valence-corrected chi connectivity index (χ0v) is 11.9. The number of nitrogens with one attached hydrogen (secondary N) is 2. The van der Waals surface area contributed by atoms with Gasteiger partial charge in [-0.3, -0.25) is 14.4 Å². The number of carbonyl (C=O) groups excluding carboxylic acids is 2. The van der Waals surface area contributed by atoms with Gasteiger partial charge in [-0.1, -0.05) is 27.2 Å². The minimum atomic E-state index is -1.01. The van der Waals surface area contributed by atoms with Gasteiger partial charge in [-0.25, -0.2) is 0 Å². The molecule has 19 heavy (non-hydrogen) atoms. The highest BCUT2D eigenvalue weighted by Gasteiger charge is 2.29. The maximum atomic E-state index is 11.7. The Hall–Kier alpha value is -1.59. The van der Waals surface area contributed by atoms with E-state index in [1.54, 1.807) is 13.8 Å². The Kier molecular flexibility index (Phi) is 7.79. The van der Waals surface area contributed by atoms with Gasteiger partial charge < -0.3 is 15.7 Å². The highest BCUT2D eigenvalue weighted by atomic mass is 16.4. The molecule has 0 heterocycles. The van der Waals surface area contributed by atoms with Gasteiger partial charge in [0.1, 0.15) is 0 Å². The normalized spacial score (nSPS) is 10.9. The van der Waals surface area contributed by atoms with Crippen LogP contribution in [0.3, 0.4) is 0 Å². The maximum absolute atomic E-state index is 11.7. The fourth-order valence-corrected chi connectivity index (χ4v) is 1.50. The molecule has 0 spiro atoms. The first-order valence-electron chi connectivity index (χ1n) is 6.56. The Labute approximate surface area is 113 Å². The van der Waals surface area contributed by atoms with Gasteiger partial charge in [0, 0.05) is 19.5 Å². The minimum absolute atomic E-state index is 0.0269. The van der Waals surface area contributed by atoms with Crippen LogP contribution in [-0.4, -0.2) is 36.0 Å². The van der Waals surface area contributed by atoms with E-state index in [4.69, 9.17) is 5.11 Å². The van der Waals surface area contributed by atoms with Gasteiger partial charge >= 0.3 is 5.97 Å². The predicted octanol–water partition coefficient (Wildman–Crippen LogP) is 0.910. The van der Waals surface area contributed by atoms with Gasteiger partial charge in [0.2, 0.25) is 11.8 Å². The largest absolute Gasteiger partial charge is 0.481 e. The molecule has 0 aliphatic heterocycles. The molecule has 0 aromatic rings.